The van der Waals surface area contributed by atoms with Crippen molar-refractivity contribution in [1.82, 2.24) is 9.88 Å². The fourth-order valence-corrected chi connectivity index (χ4v) is 4.60. The summed E-state index contributed by atoms with van der Waals surface area (Å²) < 4.78 is 19.0. The summed E-state index contributed by atoms with van der Waals surface area (Å²) in [5.41, 5.74) is -0.189. The van der Waals surface area contributed by atoms with Crippen molar-refractivity contribution in [2.75, 3.05) is 13.1 Å². The van der Waals surface area contributed by atoms with Gasteiger partial charge in [-0.1, -0.05) is 0 Å². The fourth-order valence-electron chi connectivity index (χ4n) is 3.41. The molecule has 2 fully saturated rings. The number of ether oxygens (including phenoxy) is 1. The van der Waals surface area contributed by atoms with Crippen LogP contribution in [0.4, 0.5) is 4.79 Å². The Morgan fingerprint density at radius 2 is 1.71 bits per heavy atom. The third kappa shape index (κ3) is 4.39. The molecule has 1 amide bonds. The van der Waals surface area contributed by atoms with Gasteiger partial charge in [0.05, 0.1) is 21.0 Å². The van der Waals surface area contributed by atoms with Gasteiger partial charge in [0.15, 0.2) is 0 Å². The lowest BCUT2D eigenvalue weighted by molar-refractivity contribution is 0.00578. The van der Waals surface area contributed by atoms with Crippen molar-refractivity contribution in [3.63, 3.8) is 0 Å². The van der Waals surface area contributed by atoms with Gasteiger partial charge in [0, 0.05) is 24.7 Å². The van der Waals surface area contributed by atoms with Gasteiger partial charge in [-0.05, 0) is 68.2 Å². The van der Waals surface area contributed by atoms with Gasteiger partial charge in [0.25, 0.3) is 0 Å². The van der Waals surface area contributed by atoms with Gasteiger partial charge in [-0.2, -0.15) is 0 Å². The van der Waals surface area contributed by atoms with Gasteiger partial charge >= 0.3 is 13.2 Å². The molecule has 2 saturated heterocycles. The number of hydrogen-bond acceptors (Lipinski definition) is 6. The van der Waals surface area contributed by atoms with Crippen LogP contribution >= 0.6 is 11.3 Å². The molecule has 6 nitrogen and oxygen atoms in total. The molecule has 0 spiro atoms. The molecular formula is C20H33BN2O4S. The predicted molar refractivity (Wildman–Crippen MR) is 112 cm³/mol. The van der Waals surface area contributed by atoms with Crippen molar-refractivity contribution in [2.24, 2.45) is 0 Å². The number of carbonyl (C=O) groups excluding carboxylic acids is 1. The van der Waals surface area contributed by atoms with Crippen molar-refractivity contribution in [3.8, 4) is 0 Å². The molecule has 0 aromatic carbocycles. The molecular weight excluding hydrogens is 375 g/mol. The van der Waals surface area contributed by atoms with E-state index in [0.29, 0.717) is 19.0 Å². The number of hydrogen-bond donors (Lipinski definition) is 0. The molecule has 3 heterocycles. The second kappa shape index (κ2) is 7.29. The Morgan fingerprint density at radius 3 is 2.21 bits per heavy atom. The summed E-state index contributed by atoms with van der Waals surface area (Å²) in [6.07, 6.45) is 1.57. The lowest BCUT2D eigenvalue weighted by Gasteiger charge is -2.32. The maximum absolute atomic E-state index is 12.3. The van der Waals surface area contributed by atoms with Crippen LogP contribution in [0.1, 0.15) is 77.9 Å². The normalized spacial score (nSPS) is 22.6. The van der Waals surface area contributed by atoms with Crippen LogP contribution in [-0.2, 0) is 14.0 Å². The number of aromatic nitrogens is 1. The smallest absolute Gasteiger partial charge is 0.444 e. The molecule has 0 saturated carbocycles. The molecule has 0 bridgehead atoms. The van der Waals surface area contributed by atoms with Crippen LogP contribution in [0.15, 0.2) is 0 Å². The van der Waals surface area contributed by atoms with E-state index in [4.69, 9.17) is 19.0 Å². The Labute approximate surface area is 173 Å². The highest BCUT2D eigenvalue weighted by molar-refractivity contribution is 7.22. The Bertz CT molecular complexity index is 717. The molecule has 156 valence electrons. The van der Waals surface area contributed by atoms with Gasteiger partial charge in [0.2, 0.25) is 0 Å². The summed E-state index contributed by atoms with van der Waals surface area (Å²) in [7, 11) is -0.363. The van der Waals surface area contributed by atoms with Crippen molar-refractivity contribution >= 4 is 29.3 Å². The molecule has 3 rings (SSSR count). The lowest BCUT2D eigenvalue weighted by atomic mass is 9.86. The first kappa shape index (κ1) is 21.6. The fraction of sp³-hybridized carbons (Fsp3) is 0.800. The maximum atomic E-state index is 12.3. The first-order valence-corrected chi connectivity index (χ1v) is 10.9. The second-order valence-corrected chi connectivity index (χ2v) is 10.9. The number of carbonyl (C=O) groups is 1. The van der Waals surface area contributed by atoms with E-state index >= 15 is 0 Å². The van der Waals surface area contributed by atoms with Crippen LogP contribution in [0, 0.1) is 6.92 Å². The Kier molecular flexibility index (Phi) is 5.62. The Morgan fingerprint density at radius 1 is 1.18 bits per heavy atom. The highest BCUT2D eigenvalue weighted by atomic mass is 32.1. The summed E-state index contributed by atoms with van der Waals surface area (Å²) in [6, 6.07) is 0. The minimum atomic E-state index is -0.460. The maximum Gasteiger partial charge on any atom is 0.507 e. The third-order valence-corrected chi connectivity index (χ3v) is 7.15. The summed E-state index contributed by atoms with van der Waals surface area (Å²) in [6.45, 7) is 17.4. The topological polar surface area (TPSA) is 60.9 Å². The van der Waals surface area contributed by atoms with Crippen LogP contribution in [-0.4, -0.2) is 53.0 Å². The zero-order valence-corrected chi connectivity index (χ0v) is 19.2. The number of aryl methyl sites for hydroxylation is 1. The summed E-state index contributed by atoms with van der Waals surface area (Å²) in [5.74, 6) is 0.360. The first-order valence-electron chi connectivity index (χ1n) is 10.1. The van der Waals surface area contributed by atoms with Crippen molar-refractivity contribution in [2.45, 2.75) is 91.0 Å². The monoisotopic (exact) mass is 408 g/mol. The summed E-state index contributed by atoms with van der Waals surface area (Å²) in [5, 5.41) is 1.12. The Hall–Kier alpha value is -1.12. The zero-order valence-electron chi connectivity index (χ0n) is 18.4. The highest BCUT2D eigenvalue weighted by Crippen LogP contribution is 2.38. The van der Waals surface area contributed by atoms with Gasteiger partial charge in [0.1, 0.15) is 5.60 Å². The van der Waals surface area contributed by atoms with Crippen LogP contribution in [0.2, 0.25) is 0 Å². The highest BCUT2D eigenvalue weighted by Gasteiger charge is 2.53. The largest absolute Gasteiger partial charge is 0.507 e. The van der Waals surface area contributed by atoms with Crippen LogP contribution < -0.4 is 4.78 Å². The van der Waals surface area contributed by atoms with Gasteiger partial charge < -0.3 is 18.9 Å². The zero-order chi connectivity index (χ0) is 20.9. The standard InChI is InChI=1S/C20H33BN2O4S/c1-13-15(21-26-19(5,6)20(7,8)27-21)28-16(22-13)14-9-11-23(12-10-14)17(24)25-18(2,3)4/h14H,9-12H2,1-8H3. The van der Waals surface area contributed by atoms with E-state index in [0.717, 1.165) is 28.3 Å². The van der Waals surface area contributed by atoms with Gasteiger partial charge in [-0.15, -0.1) is 11.3 Å². The van der Waals surface area contributed by atoms with E-state index in [1.165, 1.54) is 0 Å². The molecule has 0 radical (unpaired) electrons. The van der Waals surface area contributed by atoms with E-state index in [-0.39, 0.29) is 24.4 Å². The minimum absolute atomic E-state index is 0.223. The average molecular weight is 408 g/mol. The van der Waals surface area contributed by atoms with E-state index < -0.39 is 5.60 Å². The quantitative estimate of drug-likeness (QED) is 0.696. The van der Waals surface area contributed by atoms with Crippen molar-refractivity contribution in [3.05, 3.63) is 10.7 Å². The van der Waals surface area contributed by atoms with E-state index in [9.17, 15) is 4.79 Å². The van der Waals surface area contributed by atoms with Crippen LogP contribution in [0.5, 0.6) is 0 Å². The molecule has 8 heteroatoms. The molecule has 1 aromatic heterocycles. The van der Waals surface area contributed by atoms with Crippen molar-refractivity contribution < 1.29 is 18.8 Å². The minimum Gasteiger partial charge on any atom is -0.444 e. The van der Waals surface area contributed by atoms with Gasteiger partial charge in [-0.3, -0.25) is 0 Å². The summed E-state index contributed by atoms with van der Waals surface area (Å²) >= 11 is 1.69. The molecule has 28 heavy (non-hydrogen) atoms. The van der Waals surface area contributed by atoms with Crippen molar-refractivity contribution in [1.29, 1.82) is 0 Å². The number of likely N-dealkylation sites (tertiary alicyclic amines) is 1. The molecule has 1 aromatic rings. The molecule has 0 atom stereocenters. The third-order valence-electron chi connectivity index (χ3n) is 5.81. The number of amides is 1. The van der Waals surface area contributed by atoms with E-state index in [1.54, 1.807) is 16.2 Å². The second-order valence-electron chi connectivity index (χ2n) is 9.83. The summed E-state index contributed by atoms with van der Waals surface area (Å²) in [4.78, 5) is 18.9. The van der Waals surface area contributed by atoms with Crippen LogP contribution in [0.25, 0.3) is 0 Å². The predicted octanol–water partition coefficient (Wildman–Crippen LogP) is 3.87. The van der Waals surface area contributed by atoms with E-state index in [1.807, 2.05) is 27.7 Å². The van der Waals surface area contributed by atoms with E-state index in [2.05, 4.69) is 27.7 Å². The van der Waals surface area contributed by atoms with Crippen LogP contribution in [0.3, 0.4) is 0 Å². The number of nitrogens with zero attached hydrogens (tertiary/aromatic N) is 2. The molecule has 2 aliphatic rings. The first-order chi connectivity index (χ1) is 12.8. The molecule has 0 N–H and O–H groups in total. The molecule has 0 aliphatic carbocycles. The molecule has 2 aliphatic heterocycles. The number of piperidine rings is 1. The SMILES string of the molecule is Cc1nc(C2CCN(C(=O)OC(C)(C)C)CC2)sc1B1OC(C)(C)C(C)(C)O1. The molecule has 0 unspecified atom stereocenters. The number of rotatable bonds is 2. The number of thiazole rings is 1. The average Bonchev–Trinajstić information content (AvgIpc) is 3.03. The Balaban J connectivity index is 1.64. The van der Waals surface area contributed by atoms with Gasteiger partial charge in [-0.25, -0.2) is 9.78 Å². The lowest BCUT2D eigenvalue weighted by Crippen LogP contribution is -2.41.